The van der Waals surface area contributed by atoms with Crippen molar-refractivity contribution in [2.75, 3.05) is 9.80 Å². The van der Waals surface area contributed by atoms with Crippen molar-refractivity contribution in [1.82, 2.24) is 9.97 Å². The van der Waals surface area contributed by atoms with Gasteiger partial charge in [-0.25, -0.2) is 0 Å². The first kappa shape index (κ1) is 56.3. The zero-order chi connectivity index (χ0) is 58.4. The number of benzene rings is 12. The van der Waals surface area contributed by atoms with Crippen LogP contribution in [0, 0.1) is 3.57 Å². The highest BCUT2D eigenvalue weighted by Gasteiger charge is 2.17. The molecule has 2 heterocycles. The number of fused-ring (bicyclic) bond motifs is 2. The molecule has 0 aliphatic rings. The van der Waals surface area contributed by atoms with Gasteiger partial charge in [-0.3, -0.25) is 9.97 Å². The van der Waals surface area contributed by atoms with Crippen LogP contribution >= 0.6 is 22.6 Å². The Balaban J connectivity index is 0.000000149. The Bertz CT molecular complexity index is 4370. The van der Waals surface area contributed by atoms with E-state index in [0.717, 1.165) is 45.3 Å². The SMILES string of the molecule is Ic1cccc2cccc(-c3ccc(N(c4ccccc4)c4ccccc4)cc3)c12.OB(O)c1ccc(-c2ccncc2)cc1.[2HH].c1ccc(N(c2ccccc2)c2ccc(-c3cccc4cccc(-c5ccc(-c6ccncc6)cc5)c34)cc2)cc1. The fraction of sp³-hybridized carbons (Fsp3) is 0. The van der Waals surface area contributed by atoms with Gasteiger partial charge in [0.15, 0.2) is 0 Å². The van der Waals surface area contributed by atoms with E-state index >= 15 is 0 Å². The van der Waals surface area contributed by atoms with Crippen LogP contribution in [0.15, 0.2) is 340 Å². The summed E-state index contributed by atoms with van der Waals surface area (Å²) in [7, 11) is -1.41. The fourth-order valence-electron chi connectivity index (χ4n) is 10.9. The molecule has 0 bridgehead atoms. The Morgan fingerprint density at radius 2 is 0.547 bits per heavy atom. The molecule has 0 spiro atoms. The molecule has 0 aliphatic carbocycles. The maximum Gasteiger partial charge on any atom is 0.488 e. The molecule has 2 aromatic heterocycles. The number of hydrogen-bond acceptors (Lipinski definition) is 6. The van der Waals surface area contributed by atoms with E-state index in [-0.39, 0.29) is 1.43 Å². The first-order valence-electron chi connectivity index (χ1n) is 28.5. The first-order valence-corrected chi connectivity index (χ1v) is 29.6. The molecular weight excluding hydrogens is 1160 g/mol. The van der Waals surface area contributed by atoms with Crippen LogP contribution in [0.25, 0.3) is 77.2 Å². The van der Waals surface area contributed by atoms with Crippen molar-refractivity contribution in [2.45, 2.75) is 0 Å². The molecule has 0 radical (unpaired) electrons. The summed E-state index contributed by atoms with van der Waals surface area (Å²) in [6.45, 7) is 0. The van der Waals surface area contributed by atoms with Gasteiger partial charge in [0, 0.05) is 69.3 Å². The molecule has 414 valence electrons. The van der Waals surface area contributed by atoms with Gasteiger partial charge in [0.2, 0.25) is 0 Å². The van der Waals surface area contributed by atoms with E-state index in [9.17, 15) is 0 Å². The quantitative estimate of drug-likeness (QED) is 0.0938. The highest BCUT2D eigenvalue weighted by atomic mass is 127. The lowest BCUT2D eigenvalue weighted by atomic mass is 9.80. The van der Waals surface area contributed by atoms with Crippen LogP contribution in [0.1, 0.15) is 1.43 Å². The van der Waals surface area contributed by atoms with Crippen LogP contribution in [-0.2, 0) is 0 Å². The Hall–Kier alpha value is -10.2. The van der Waals surface area contributed by atoms with Crippen LogP contribution < -0.4 is 15.3 Å². The Morgan fingerprint density at radius 1 is 0.267 bits per heavy atom. The smallest absolute Gasteiger partial charge is 0.423 e. The molecule has 14 rings (SSSR count). The topological polar surface area (TPSA) is 72.7 Å². The van der Waals surface area contributed by atoms with Gasteiger partial charge in [0.1, 0.15) is 0 Å². The summed E-state index contributed by atoms with van der Waals surface area (Å²) in [5, 5.41) is 23.0. The highest BCUT2D eigenvalue weighted by molar-refractivity contribution is 14.1. The molecule has 2 N–H and O–H groups in total. The molecule has 6 nitrogen and oxygen atoms in total. The average Bonchev–Trinajstić information content (AvgIpc) is 1.79. The third-order valence-corrected chi connectivity index (χ3v) is 16.0. The van der Waals surface area contributed by atoms with Crippen LogP contribution in [0.3, 0.4) is 0 Å². The van der Waals surface area contributed by atoms with E-state index in [0.29, 0.717) is 5.46 Å². The molecule has 0 unspecified atom stereocenters. The molecule has 0 atom stereocenters. The number of pyridine rings is 2. The predicted molar refractivity (Wildman–Crippen MR) is 371 cm³/mol. The van der Waals surface area contributed by atoms with Gasteiger partial charge in [0.25, 0.3) is 0 Å². The maximum absolute atomic E-state index is 8.93. The third-order valence-electron chi connectivity index (χ3n) is 15.1. The number of anilines is 6. The third kappa shape index (κ3) is 12.9. The number of hydrogen-bond donors (Lipinski definition) is 2. The molecule has 0 saturated carbocycles. The summed E-state index contributed by atoms with van der Waals surface area (Å²) in [5.41, 5.74) is 19.1. The monoisotopic (exact) mass is 1220 g/mol. The molecule has 0 fully saturated rings. The Morgan fingerprint density at radius 3 is 0.907 bits per heavy atom. The van der Waals surface area contributed by atoms with Gasteiger partial charge in [-0.05, 0) is 203 Å². The van der Waals surface area contributed by atoms with Crippen LogP contribution in [0.2, 0.25) is 0 Å². The normalized spacial score (nSPS) is 10.7. The number of nitrogens with zero attached hydrogens (tertiary/aromatic N) is 4. The van der Waals surface area contributed by atoms with Crippen molar-refractivity contribution >= 4 is 90.8 Å². The fourth-order valence-corrected chi connectivity index (χ4v) is 11.7. The number of rotatable bonds is 12. The van der Waals surface area contributed by atoms with Crippen molar-refractivity contribution in [3.8, 4) is 55.6 Å². The van der Waals surface area contributed by atoms with Crippen molar-refractivity contribution in [3.63, 3.8) is 0 Å². The zero-order valence-electron chi connectivity index (χ0n) is 47.0. The summed E-state index contributed by atoms with van der Waals surface area (Å²) in [6.07, 6.45) is 7.13. The molecule has 86 heavy (non-hydrogen) atoms. The Kier molecular flexibility index (Phi) is 17.7. The second-order valence-corrected chi connectivity index (χ2v) is 21.7. The predicted octanol–water partition coefficient (Wildman–Crippen LogP) is 20.0. The lowest BCUT2D eigenvalue weighted by molar-refractivity contribution is 0.426. The van der Waals surface area contributed by atoms with Crippen LogP contribution in [-0.4, -0.2) is 27.1 Å². The summed E-state index contributed by atoms with van der Waals surface area (Å²) in [4.78, 5) is 12.7. The van der Waals surface area contributed by atoms with Crippen LogP contribution in [0.4, 0.5) is 34.1 Å². The van der Waals surface area contributed by atoms with Crippen molar-refractivity contribution in [3.05, 3.63) is 344 Å². The minimum absolute atomic E-state index is 0. The minimum Gasteiger partial charge on any atom is -0.423 e. The Labute approximate surface area is 518 Å². The number of aromatic nitrogens is 2. The van der Waals surface area contributed by atoms with E-state index in [1.807, 2.05) is 48.8 Å². The molecule has 12 aromatic carbocycles. The van der Waals surface area contributed by atoms with Crippen molar-refractivity contribution in [1.29, 1.82) is 0 Å². The van der Waals surface area contributed by atoms with Gasteiger partial charge in [-0.15, -0.1) is 0 Å². The van der Waals surface area contributed by atoms with Crippen molar-refractivity contribution < 1.29 is 11.5 Å². The van der Waals surface area contributed by atoms with E-state index < -0.39 is 7.12 Å². The second-order valence-electron chi connectivity index (χ2n) is 20.5. The summed E-state index contributed by atoms with van der Waals surface area (Å²) in [6, 6.07) is 110. The molecular formula is C78H60BIN4O2. The van der Waals surface area contributed by atoms with Gasteiger partial charge in [0.05, 0.1) is 0 Å². The highest BCUT2D eigenvalue weighted by Crippen LogP contribution is 2.41. The standard InChI is InChI=1S/C39H28N2.C28H20IN.C11H10BNO2.H2/c1-3-11-34(12-4-1)41(35-13-5-2-6-14-35)36-23-21-32(22-24-36)38-16-8-10-33-9-7-15-37(39(33)38)31-19-17-29(18-20-31)30-25-27-40-28-26-30;29-27-16-8-10-22-9-7-15-26(28(22)27)21-17-19-25(20-18-21)30(23-11-3-1-4-12-23)24-13-5-2-6-14-24;14-12(15)11-3-1-9(2-4-11)10-5-7-13-8-6-10;/h1-28H;1-20H;1-8,14-15H;1H/i;;;1+1. The average molecular weight is 1220 g/mol. The molecule has 8 heteroatoms. The first-order chi connectivity index (χ1) is 42.4. The van der Waals surface area contributed by atoms with Crippen LogP contribution in [0.5, 0.6) is 0 Å². The molecule has 0 saturated heterocycles. The van der Waals surface area contributed by atoms with Gasteiger partial charge in [-0.1, -0.05) is 212 Å². The summed E-state index contributed by atoms with van der Waals surface area (Å²) < 4.78 is 1.28. The van der Waals surface area contributed by atoms with E-state index in [1.165, 1.54) is 69.6 Å². The minimum atomic E-state index is -1.41. The van der Waals surface area contributed by atoms with Gasteiger partial charge < -0.3 is 19.8 Å². The zero-order valence-corrected chi connectivity index (χ0v) is 49.1. The summed E-state index contributed by atoms with van der Waals surface area (Å²) >= 11 is 2.43. The van der Waals surface area contributed by atoms with E-state index in [4.69, 9.17) is 10.0 Å². The van der Waals surface area contributed by atoms with Crippen molar-refractivity contribution in [2.24, 2.45) is 0 Å². The summed E-state index contributed by atoms with van der Waals surface area (Å²) in [5.74, 6) is 0. The maximum atomic E-state index is 8.93. The molecule has 14 aromatic rings. The number of para-hydroxylation sites is 4. The van der Waals surface area contributed by atoms with Gasteiger partial charge >= 0.3 is 7.12 Å². The lowest BCUT2D eigenvalue weighted by Gasteiger charge is -2.25. The molecule has 0 aliphatic heterocycles. The lowest BCUT2D eigenvalue weighted by Crippen LogP contribution is -2.29. The largest absolute Gasteiger partial charge is 0.488 e. The second kappa shape index (κ2) is 27.0. The molecule has 0 amide bonds. The van der Waals surface area contributed by atoms with E-state index in [2.05, 4.69) is 309 Å². The number of halogens is 1. The van der Waals surface area contributed by atoms with Gasteiger partial charge in [-0.2, -0.15) is 0 Å². The van der Waals surface area contributed by atoms with E-state index in [1.54, 1.807) is 24.5 Å².